The number of nitro groups is 1. The number of pyridine rings is 1. The molecule has 0 atom stereocenters. The van der Waals surface area contributed by atoms with E-state index >= 15 is 0 Å². The number of aromatic nitrogens is 1. The van der Waals surface area contributed by atoms with Crippen LogP contribution in [0.3, 0.4) is 0 Å². The van der Waals surface area contributed by atoms with Crippen LogP contribution in [-0.4, -0.2) is 46.8 Å². The van der Waals surface area contributed by atoms with E-state index in [4.69, 9.17) is 16.3 Å². The maximum atomic E-state index is 12.9. The number of nitrogens with one attached hydrogen (secondary N) is 1. The Bertz CT molecular complexity index is 1330. The largest absolute Gasteiger partial charge is 0.481 e. The lowest BCUT2D eigenvalue weighted by Crippen LogP contribution is -2.38. The Labute approximate surface area is 218 Å². The number of hydrogen-bond acceptors (Lipinski definition) is 6. The van der Waals surface area contributed by atoms with Gasteiger partial charge >= 0.3 is 0 Å². The number of amides is 2. The van der Waals surface area contributed by atoms with Crippen molar-refractivity contribution in [1.29, 1.82) is 0 Å². The first-order valence-corrected chi connectivity index (χ1v) is 12.0. The number of halogens is 1. The van der Waals surface area contributed by atoms with E-state index in [0.717, 1.165) is 18.4 Å². The first kappa shape index (κ1) is 25.8. The van der Waals surface area contributed by atoms with Crippen molar-refractivity contribution in [3.05, 3.63) is 98.7 Å². The molecule has 0 bridgehead atoms. The van der Waals surface area contributed by atoms with Gasteiger partial charge in [-0.3, -0.25) is 19.7 Å². The van der Waals surface area contributed by atoms with Crippen LogP contribution < -0.4 is 10.1 Å². The zero-order valence-electron chi connectivity index (χ0n) is 20.1. The number of para-hydroxylation sites is 1. The summed E-state index contributed by atoms with van der Waals surface area (Å²) in [5.41, 5.74) is 2.50. The van der Waals surface area contributed by atoms with Crippen molar-refractivity contribution >= 4 is 40.9 Å². The van der Waals surface area contributed by atoms with Gasteiger partial charge in [-0.05, 0) is 54.7 Å². The van der Waals surface area contributed by atoms with Gasteiger partial charge in [-0.1, -0.05) is 35.9 Å². The quantitative estimate of drug-likeness (QED) is 0.195. The van der Waals surface area contributed by atoms with Crippen molar-refractivity contribution in [1.82, 2.24) is 9.88 Å². The zero-order chi connectivity index (χ0) is 26.4. The van der Waals surface area contributed by atoms with Gasteiger partial charge in [0.15, 0.2) is 0 Å². The lowest BCUT2D eigenvalue weighted by Gasteiger charge is -2.32. The third-order valence-corrected chi connectivity index (χ3v) is 6.40. The highest BCUT2D eigenvalue weighted by Gasteiger charge is 2.25. The third kappa shape index (κ3) is 6.50. The average Bonchev–Trinajstić information content (AvgIpc) is 2.91. The Morgan fingerprint density at radius 3 is 2.51 bits per heavy atom. The normalized spacial score (nSPS) is 13.9. The molecule has 3 aromatic rings. The van der Waals surface area contributed by atoms with E-state index in [2.05, 4.69) is 10.3 Å². The van der Waals surface area contributed by atoms with Gasteiger partial charge in [0, 0.05) is 42.5 Å². The van der Waals surface area contributed by atoms with E-state index in [1.54, 1.807) is 35.2 Å². The number of ether oxygens (including phenoxy) is 1. The fourth-order valence-electron chi connectivity index (χ4n) is 4.28. The maximum Gasteiger partial charge on any atom is 0.276 e. The van der Waals surface area contributed by atoms with Gasteiger partial charge in [-0.15, -0.1) is 0 Å². The molecule has 0 radical (unpaired) electrons. The predicted molar refractivity (Wildman–Crippen MR) is 141 cm³/mol. The molecule has 2 aromatic carbocycles. The second-order valence-corrected chi connectivity index (χ2v) is 8.94. The number of rotatable bonds is 7. The summed E-state index contributed by atoms with van der Waals surface area (Å²) in [4.78, 5) is 41.7. The molecule has 0 saturated carbocycles. The van der Waals surface area contributed by atoms with Gasteiger partial charge in [0.25, 0.3) is 11.6 Å². The number of likely N-dealkylation sites (tertiary alicyclic amines) is 1. The molecule has 0 spiro atoms. The Hall–Kier alpha value is -4.24. The van der Waals surface area contributed by atoms with Crippen molar-refractivity contribution in [3.8, 4) is 5.88 Å². The smallest absolute Gasteiger partial charge is 0.276 e. The second-order valence-electron chi connectivity index (χ2n) is 8.55. The van der Waals surface area contributed by atoms with Gasteiger partial charge in [-0.2, -0.15) is 0 Å². The van der Waals surface area contributed by atoms with Gasteiger partial charge in [-0.25, -0.2) is 4.98 Å². The summed E-state index contributed by atoms with van der Waals surface area (Å²) >= 11 is 6.01. The number of benzene rings is 2. The molecule has 2 amide bonds. The summed E-state index contributed by atoms with van der Waals surface area (Å²) in [6.07, 6.45) is 4.32. The molecule has 1 fully saturated rings. The minimum Gasteiger partial charge on any atom is -0.481 e. The number of hydrogen-bond donors (Lipinski definition) is 1. The molecule has 190 valence electrons. The molecule has 1 aliphatic rings. The molecule has 1 saturated heterocycles. The molecule has 9 nitrogen and oxygen atoms in total. The first-order valence-electron chi connectivity index (χ1n) is 11.7. The van der Waals surface area contributed by atoms with Crippen LogP contribution in [0.1, 0.15) is 40.2 Å². The van der Waals surface area contributed by atoms with Crippen LogP contribution in [0.2, 0.25) is 5.15 Å². The molecule has 1 aliphatic heterocycles. The van der Waals surface area contributed by atoms with Crippen LogP contribution in [0.5, 0.6) is 5.88 Å². The van der Waals surface area contributed by atoms with Gasteiger partial charge < -0.3 is 15.0 Å². The number of anilines is 1. The van der Waals surface area contributed by atoms with Crippen molar-refractivity contribution in [2.24, 2.45) is 0 Å². The van der Waals surface area contributed by atoms with E-state index in [0.29, 0.717) is 41.7 Å². The molecule has 1 N–H and O–H groups in total. The number of piperidine rings is 1. The van der Waals surface area contributed by atoms with Gasteiger partial charge in [0.1, 0.15) is 5.15 Å². The summed E-state index contributed by atoms with van der Waals surface area (Å²) < 4.78 is 5.11. The topological polar surface area (TPSA) is 115 Å². The number of nitro benzene ring substituents is 1. The number of carbonyl (C=O) groups is 2. The average molecular weight is 521 g/mol. The Kier molecular flexibility index (Phi) is 8.15. The summed E-state index contributed by atoms with van der Waals surface area (Å²) in [6, 6.07) is 17.0. The van der Waals surface area contributed by atoms with Crippen LogP contribution in [0.4, 0.5) is 11.4 Å². The summed E-state index contributed by atoms with van der Waals surface area (Å²) in [6.45, 7) is 1.22. The molecule has 0 unspecified atom stereocenters. The van der Waals surface area contributed by atoms with Crippen LogP contribution in [-0.2, 0) is 4.79 Å². The monoisotopic (exact) mass is 520 g/mol. The van der Waals surface area contributed by atoms with Crippen molar-refractivity contribution in [2.45, 2.75) is 18.8 Å². The number of nitrogens with zero attached hydrogens (tertiary/aromatic N) is 3. The molecular weight excluding hydrogens is 496 g/mol. The summed E-state index contributed by atoms with van der Waals surface area (Å²) in [7, 11) is 1.48. The van der Waals surface area contributed by atoms with E-state index in [9.17, 15) is 19.7 Å². The molecular formula is C27H25ClN4O5. The van der Waals surface area contributed by atoms with E-state index in [-0.39, 0.29) is 22.7 Å². The highest BCUT2D eigenvalue weighted by molar-refractivity contribution is 6.29. The first-order chi connectivity index (χ1) is 17.8. The SMILES string of the molecule is COc1cc(C(=O)N2CCC(c3ccc(NC(=O)/C=C/c4ccccc4[N+](=O)[O-])cc3)CC2)cc(Cl)n1. The van der Waals surface area contributed by atoms with E-state index < -0.39 is 4.92 Å². The lowest BCUT2D eigenvalue weighted by molar-refractivity contribution is -0.385. The fraction of sp³-hybridized carbons (Fsp3) is 0.222. The molecule has 0 aliphatic carbocycles. The minimum atomic E-state index is -0.484. The molecule has 1 aromatic heterocycles. The van der Waals surface area contributed by atoms with E-state index in [1.807, 2.05) is 24.3 Å². The molecule has 10 heteroatoms. The lowest BCUT2D eigenvalue weighted by atomic mass is 9.89. The Morgan fingerprint density at radius 1 is 1.14 bits per heavy atom. The van der Waals surface area contributed by atoms with Crippen molar-refractivity contribution < 1.29 is 19.2 Å². The summed E-state index contributed by atoms with van der Waals surface area (Å²) in [5, 5.41) is 14.1. The van der Waals surface area contributed by atoms with Gasteiger partial charge in [0.2, 0.25) is 11.8 Å². The van der Waals surface area contributed by atoms with Crippen LogP contribution >= 0.6 is 11.6 Å². The number of methoxy groups -OCH3 is 1. The third-order valence-electron chi connectivity index (χ3n) is 6.21. The molecule has 37 heavy (non-hydrogen) atoms. The van der Waals surface area contributed by atoms with Crippen LogP contribution in [0.15, 0.2) is 66.7 Å². The Balaban J connectivity index is 1.32. The zero-order valence-corrected chi connectivity index (χ0v) is 20.9. The van der Waals surface area contributed by atoms with Crippen molar-refractivity contribution in [3.63, 3.8) is 0 Å². The highest BCUT2D eigenvalue weighted by atomic mass is 35.5. The maximum absolute atomic E-state index is 12.9. The molecule has 4 rings (SSSR count). The molecule has 2 heterocycles. The highest BCUT2D eigenvalue weighted by Crippen LogP contribution is 2.30. The number of carbonyl (C=O) groups excluding carboxylic acids is 2. The van der Waals surface area contributed by atoms with E-state index in [1.165, 1.54) is 25.3 Å². The van der Waals surface area contributed by atoms with Gasteiger partial charge in [0.05, 0.1) is 17.6 Å². The van der Waals surface area contributed by atoms with Crippen LogP contribution in [0, 0.1) is 10.1 Å². The Morgan fingerprint density at radius 2 is 1.84 bits per heavy atom. The minimum absolute atomic E-state index is 0.0621. The standard InChI is InChI=1S/C27H25ClN4O5/c1-37-26-17-21(16-24(28)30-26)27(34)31-14-12-19(13-15-31)18-6-9-22(10-7-18)29-25(33)11-8-20-4-2-3-5-23(20)32(35)36/h2-11,16-17,19H,12-15H2,1H3,(H,29,33)/b11-8+. The second kappa shape index (κ2) is 11.7. The fourth-order valence-corrected chi connectivity index (χ4v) is 4.48. The van der Waals surface area contributed by atoms with Crippen molar-refractivity contribution in [2.75, 3.05) is 25.5 Å². The van der Waals surface area contributed by atoms with Crippen LogP contribution in [0.25, 0.3) is 6.08 Å². The predicted octanol–water partition coefficient (Wildman–Crippen LogP) is 5.32. The summed E-state index contributed by atoms with van der Waals surface area (Å²) in [5.74, 6) is 0.108.